The predicted octanol–water partition coefficient (Wildman–Crippen LogP) is 3.24. The first-order chi connectivity index (χ1) is 11.0. The summed E-state index contributed by atoms with van der Waals surface area (Å²) in [6.07, 6.45) is 0.257. The highest BCUT2D eigenvalue weighted by Crippen LogP contribution is 2.43. The summed E-state index contributed by atoms with van der Waals surface area (Å²) in [5.41, 5.74) is 2.00. The molecule has 2 aromatic rings. The molecule has 4 nitrogen and oxygen atoms in total. The van der Waals surface area contributed by atoms with Crippen LogP contribution >= 0.6 is 11.3 Å². The van der Waals surface area contributed by atoms with E-state index in [9.17, 15) is 9.59 Å². The lowest BCUT2D eigenvalue weighted by molar-refractivity contribution is -0.134. The Labute approximate surface area is 140 Å². The predicted molar refractivity (Wildman–Crippen MR) is 92.5 cm³/mol. The molecule has 5 heteroatoms. The third-order valence-corrected chi connectivity index (χ3v) is 5.17. The zero-order chi connectivity index (χ0) is 16.6. The Bertz CT molecular complexity index is 707. The monoisotopic (exact) mass is 328 g/mol. The van der Waals surface area contributed by atoms with E-state index in [0.717, 1.165) is 16.1 Å². The number of amides is 2. The fourth-order valence-electron chi connectivity index (χ4n) is 3.08. The van der Waals surface area contributed by atoms with Crippen molar-refractivity contribution in [2.45, 2.75) is 19.4 Å². The van der Waals surface area contributed by atoms with Crippen LogP contribution in [0.5, 0.6) is 0 Å². The molecule has 0 spiro atoms. The molecule has 2 atom stereocenters. The molecule has 1 aromatic carbocycles. The van der Waals surface area contributed by atoms with Crippen molar-refractivity contribution in [1.82, 2.24) is 4.90 Å². The van der Waals surface area contributed by atoms with Gasteiger partial charge in [-0.15, -0.1) is 11.3 Å². The van der Waals surface area contributed by atoms with Crippen LogP contribution < -0.4 is 4.90 Å². The molecule has 3 rings (SSSR count). The first-order valence-corrected chi connectivity index (χ1v) is 8.50. The number of rotatable bonds is 3. The Hall–Kier alpha value is -2.14. The van der Waals surface area contributed by atoms with Crippen molar-refractivity contribution in [3.8, 4) is 0 Å². The van der Waals surface area contributed by atoms with Gasteiger partial charge in [0.05, 0.1) is 12.0 Å². The highest BCUT2D eigenvalue weighted by Gasteiger charge is 2.46. The molecule has 1 saturated heterocycles. The second-order valence-corrected chi connectivity index (χ2v) is 7.08. The molecule has 2 heterocycles. The molecular formula is C18H20N2O2S. The summed E-state index contributed by atoms with van der Waals surface area (Å²) in [7, 11) is 3.49. The standard InChI is InChI=1S/C18H20N2O2S/c1-12-6-8-13(9-7-12)20-16(21)11-14(18(22)19(2)3)17(20)15-5-4-10-23-15/h4-10,14,17H,11H2,1-3H3. The van der Waals surface area contributed by atoms with Gasteiger partial charge in [-0.25, -0.2) is 0 Å². The lowest BCUT2D eigenvalue weighted by Gasteiger charge is -2.28. The summed E-state index contributed by atoms with van der Waals surface area (Å²) in [5.74, 6) is -0.323. The lowest BCUT2D eigenvalue weighted by atomic mass is 9.97. The maximum absolute atomic E-state index is 12.7. The number of carbonyl (C=O) groups excluding carboxylic acids is 2. The Kier molecular flexibility index (Phi) is 4.22. The van der Waals surface area contributed by atoms with Crippen LogP contribution in [0.25, 0.3) is 0 Å². The van der Waals surface area contributed by atoms with Gasteiger partial charge in [0, 0.05) is 31.1 Å². The zero-order valence-electron chi connectivity index (χ0n) is 13.5. The molecule has 1 aliphatic heterocycles. The van der Waals surface area contributed by atoms with Gasteiger partial charge in [0.15, 0.2) is 0 Å². The van der Waals surface area contributed by atoms with Gasteiger partial charge in [-0.3, -0.25) is 9.59 Å². The summed E-state index contributed by atoms with van der Waals surface area (Å²) < 4.78 is 0. The number of aryl methyl sites for hydroxylation is 1. The van der Waals surface area contributed by atoms with E-state index in [1.807, 2.05) is 48.7 Å². The smallest absolute Gasteiger partial charge is 0.228 e. The molecule has 23 heavy (non-hydrogen) atoms. The van der Waals surface area contributed by atoms with E-state index in [1.54, 1.807) is 35.2 Å². The summed E-state index contributed by atoms with van der Waals surface area (Å²) >= 11 is 1.59. The summed E-state index contributed by atoms with van der Waals surface area (Å²) in [5, 5.41) is 1.99. The number of hydrogen-bond acceptors (Lipinski definition) is 3. The van der Waals surface area contributed by atoms with Crippen molar-refractivity contribution in [1.29, 1.82) is 0 Å². The van der Waals surface area contributed by atoms with Crippen molar-refractivity contribution < 1.29 is 9.59 Å². The molecule has 1 aliphatic rings. The quantitative estimate of drug-likeness (QED) is 0.868. The van der Waals surface area contributed by atoms with Crippen molar-refractivity contribution in [3.63, 3.8) is 0 Å². The molecule has 1 fully saturated rings. The number of nitrogens with zero attached hydrogens (tertiary/aromatic N) is 2. The van der Waals surface area contributed by atoms with Crippen LogP contribution in [0.3, 0.4) is 0 Å². The van der Waals surface area contributed by atoms with E-state index in [2.05, 4.69) is 0 Å². The molecular weight excluding hydrogens is 308 g/mol. The van der Waals surface area contributed by atoms with Crippen LogP contribution in [0.2, 0.25) is 0 Å². The van der Waals surface area contributed by atoms with Gasteiger partial charge in [-0.2, -0.15) is 0 Å². The number of benzene rings is 1. The molecule has 120 valence electrons. The van der Waals surface area contributed by atoms with Crippen LogP contribution in [0, 0.1) is 12.8 Å². The Balaban J connectivity index is 2.04. The van der Waals surface area contributed by atoms with Crippen LogP contribution in [0.15, 0.2) is 41.8 Å². The Morgan fingerprint density at radius 3 is 2.48 bits per heavy atom. The SMILES string of the molecule is Cc1ccc(N2C(=O)CC(C(=O)N(C)C)C2c2cccs2)cc1. The zero-order valence-corrected chi connectivity index (χ0v) is 14.3. The fraction of sp³-hybridized carbons (Fsp3) is 0.333. The van der Waals surface area contributed by atoms with E-state index in [1.165, 1.54) is 0 Å². The van der Waals surface area contributed by atoms with E-state index in [0.29, 0.717) is 0 Å². The molecule has 2 amide bonds. The summed E-state index contributed by atoms with van der Waals surface area (Å²) in [4.78, 5) is 29.7. The van der Waals surface area contributed by atoms with Gasteiger partial charge in [0.2, 0.25) is 11.8 Å². The van der Waals surface area contributed by atoms with Crippen LogP contribution in [-0.2, 0) is 9.59 Å². The highest BCUT2D eigenvalue weighted by atomic mass is 32.1. The largest absolute Gasteiger partial charge is 0.348 e. The van der Waals surface area contributed by atoms with Crippen molar-refractivity contribution in [3.05, 3.63) is 52.2 Å². The highest BCUT2D eigenvalue weighted by molar-refractivity contribution is 7.10. The Morgan fingerprint density at radius 2 is 1.91 bits per heavy atom. The summed E-state index contributed by atoms with van der Waals surface area (Å²) in [6.45, 7) is 2.02. The van der Waals surface area contributed by atoms with Crippen molar-refractivity contribution in [2.75, 3.05) is 19.0 Å². The maximum atomic E-state index is 12.7. The van der Waals surface area contributed by atoms with Crippen molar-refractivity contribution in [2.24, 2.45) is 5.92 Å². The van der Waals surface area contributed by atoms with E-state index in [-0.39, 0.29) is 30.2 Å². The van der Waals surface area contributed by atoms with E-state index >= 15 is 0 Å². The Morgan fingerprint density at radius 1 is 1.22 bits per heavy atom. The average molecular weight is 328 g/mol. The second-order valence-electron chi connectivity index (χ2n) is 6.10. The van der Waals surface area contributed by atoms with E-state index in [4.69, 9.17) is 0 Å². The fourth-order valence-corrected chi connectivity index (χ4v) is 3.96. The second kappa shape index (κ2) is 6.16. The minimum atomic E-state index is -0.336. The van der Waals surface area contributed by atoms with Gasteiger partial charge in [0.25, 0.3) is 0 Å². The average Bonchev–Trinajstić information content (AvgIpc) is 3.14. The molecule has 0 aliphatic carbocycles. The van der Waals surface area contributed by atoms with Gasteiger partial charge >= 0.3 is 0 Å². The number of thiophene rings is 1. The third-order valence-electron chi connectivity index (χ3n) is 4.23. The molecule has 0 saturated carbocycles. The van der Waals surface area contributed by atoms with Gasteiger partial charge in [-0.1, -0.05) is 23.8 Å². The number of anilines is 1. The summed E-state index contributed by atoms with van der Waals surface area (Å²) in [6, 6.07) is 11.6. The molecule has 2 unspecified atom stereocenters. The number of hydrogen-bond donors (Lipinski definition) is 0. The number of carbonyl (C=O) groups is 2. The minimum absolute atomic E-state index is 0.00589. The third kappa shape index (κ3) is 2.88. The van der Waals surface area contributed by atoms with Gasteiger partial charge < -0.3 is 9.80 Å². The maximum Gasteiger partial charge on any atom is 0.228 e. The normalized spacial score (nSPS) is 20.8. The first-order valence-electron chi connectivity index (χ1n) is 7.62. The minimum Gasteiger partial charge on any atom is -0.348 e. The van der Waals surface area contributed by atoms with Crippen LogP contribution in [-0.4, -0.2) is 30.8 Å². The molecule has 1 aromatic heterocycles. The first kappa shape index (κ1) is 15.7. The topological polar surface area (TPSA) is 40.6 Å². The molecule has 0 bridgehead atoms. The van der Waals surface area contributed by atoms with E-state index < -0.39 is 0 Å². The molecule has 0 radical (unpaired) electrons. The van der Waals surface area contributed by atoms with Crippen molar-refractivity contribution >= 4 is 28.8 Å². The molecule has 0 N–H and O–H groups in total. The van der Waals surface area contributed by atoms with Crippen LogP contribution in [0.4, 0.5) is 5.69 Å². The van der Waals surface area contributed by atoms with Gasteiger partial charge in [0.1, 0.15) is 0 Å². The lowest BCUT2D eigenvalue weighted by Crippen LogP contribution is -2.34. The van der Waals surface area contributed by atoms with Crippen LogP contribution in [0.1, 0.15) is 22.9 Å². The van der Waals surface area contributed by atoms with Gasteiger partial charge in [-0.05, 0) is 30.5 Å².